The van der Waals surface area contributed by atoms with Gasteiger partial charge < -0.3 is 19.0 Å². The van der Waals surface area contributed by atoms with Crippen LogP contribution in [0, 0.1) is 23.7 Å². The highest BCUT2D eigenvalue weighted by molar-refractivity contribution is 6.74. The van der Waals surface area contributed by atoms with E-state index in [0.717, 1.165) is 18.4 Å². The van der Waals surface area contributed by atoms with E-state index < -0.39 is 32.2 Å². The zero-order chi connectivity index (χ0) is 25.1. The number of aliphatic hydroxyl groups excluding tert-OH is 1. The highest BCUT2D eigenvalue weighted by Crippen LogP contribution is 2.52. The molecule has 0 spiro atoms. The van der Waals surface area contributed by atoms with Crippen LogP contribution in [0.15, 0.2) is 36.4 Å². The van der Waals surface area contributed by atoms with Crippen molar-refractivity contribution in [1.82, 2.24) is 0 Å². The minimum absolute atomic E-state index is 0.0452. The molecule has 0 bridgehead atoms. The van der Waals surface area contributed by atoms with E-state index in [1.165, 1.54) is 0 Å². The molecule has 1 saturated heterocycles. The second kappa shape index (κ2) is 8.88. The van der Waals surface area contributed by atoms with Gasteiger partial charge in [0.05, 0.1) is 12.2 Å². The molecule has 1 aliphatic carbocycles. The Morgan fingerprint density at radius 2 is 1.79 bits per heavy atom. The molecule has 0 aromatic heterocycles. The van der Waals surface area contributed by atoms with Crippen LogP contribution in [-0.4, -0.2) is 43.3 Å². The van der Waals surface area contributed by atoms with E-state index in [0.29, 0.717) is 17.6 Å². The molecule has 0 amide bonds. The molecule has 6 heteroatoms. The molecule has 188 valence electrons. The van der Waals surface area contributed by atoms with Crippen LogP contribution in [0.25, 0.3) is 5.76 Å². The number of ketones is 1. The van der Waals surface area contributed by atoms with Gasteiger partial charge in [0.2, 0.25) is 6.29 Å². The van der Waals surface area contributed by atoms with Gasteiger partial charge in [-0.2, -0.15) is 0 Å². The van der Waals surface area contributed by atoms with Gasteiger partial charge >= 0.3 is 0 Å². The van der Waals surface area contributed by atoms with Crippen LogP contribution < -0.4 is 0 Å². The fraction of sp³-hybridized carbons (Fsp3) is 0.679. The molecule has 7 atom stereocenters. The number of carbonyl (C=O) groups is 1. The van der Waals surface area contributed by atoms with Crippen LogP contribution in [0.1, 0.15) is 59.9 Å². The van der Waals surface area contributed by atoms with Crippen molar-refractivity contribution < 1.29 is 23.8 Å². The molecule has 2 aliphatic heterocycles. The fourth-order valence-corrected chi connectivity index (χ4v) is 6.92. The van der Waals surface area contributed by atoms with Crippen LogP contribution in [0.3, 0.4) is 0 Å². The number of Topliss-reactive ketones (excluding diaryl/α,β-unsaturated/α-hetero) is 1. The summed E-state index contributed by atoms with van der Waals surface area (Å²) in [7, 11) is -2.11. The van der Waals surface area contributed by atoms with E-state index in [1.54, 1.807) is 0 Å². The first-order valence-electron chi connectivity index (χ1n) is 12.8. The van der Waals surface area contributed by atoms with Gasteiger partial charge in [-0.25, -0.2) is 0 Å². The SMILES string of the molecule is CC(C)[C@@H]1CC(O[Si](C)(C)C(C)(C)C)[C@@]2(C)OC3C=C(c4ccccc4)OC(O)C3C(=O)[C@@H]2C1. The lowest BCUT2D eigenvalue weighted by Gasteiger charge is -2.57. The number of ether oxygens (including phenoxy) is 2. The van der Waals surface area contributed by atoms with Gasteiger partial charge in [-0.15, -0.1) is 0 Å². The number of fused-ring (bicyclic) bond motifs is 2. The van der Waals surface area contributed by atoms with E-state index in [9.17, 15) is 9.90 Å². The molecule has 0 radical (unpaired) electrons. The first kappa shape index (κ1) is 25.6. The Bertz CT molecular complexity index is 934. The molecule has 3 aliphatic rings. The molecule has 1 aromatic carbocycles. The number of hydrogen-bond acceptors (Lipinski definition) is 5. The predicted molar refractivity (Wildman–Crippen MR) is 136 cm³/mol. The number of benzene rings is 1. The third-order valence-corrected chi connectivity index (χ3v) is 13.4. The quantitative estimate of drug-likeness (QED) is 0.546. The Labute approximate surface area is 206 Å². The smallest absolute Gasteiger partial charge is 0.210 e. The first-order valence-corrected chi connectivity index (χ1v) is 15.7. The van der Waals surface area contributed by atoms with E-state index in [-0.39, 0.29) is 22.8 Å². The summed E-state index contributed by atoms with van der Waals surface area (Å²) in [6, 6.07) is 9.67. The summed E-state index contributed by atoms with van der Waals surface area (Å²) in [5.41, 5.74) is 0.120. The second-order valence-corrected chi connectivity index (χ2v) is 17.3. The Morgan fingerprint density at radius 3 is 2.38 bits per heavy atom. The van der Waals surface area contributed by atoms with Crippen molar-refractivity contribution in [3.05, 3.63) is 42.0 Å². The maximum Gasteiger partial charge on any atom is 0.210 e. The van der Waals surface area contributed by atoms with Crippen LogP contribution in [0.2, 0.25) is 18.1 Å². The molecule has 34 heavy (non-hydrogen) atoms. The standard InChI is InChI=1S/C28H42O5Si/c1-17(2)19-14-20-25(29)24-22(16-21(31-26(24)30)18-12-10-9-11-13-18)32-28(20,6)23(15-19)33-34(7,8)27(3,4)5/h9-13,16-17,19-20,22-24,26,30H,14-15H2,1-8H3/t19-,20-,22?,23?,24?,26?,28-/m0/s1. The average molecular weight is 487 g/mol. The van der Waals surface area contributed by atoms with Gasteiger partial charge in [-0.1, -0.05) is 65.0 Å². The third kappa shape index (κ3) is 4.43. The molecule has 1 saturated carbocycles. The molecule has 5 nitrogen and oxygen atoms in total. The van der Waals surface area contributed by atoms with E-state index in [2.05, 4.69) is 54.6 Å². The lowest BCUT2D eigenvalue weighted by Crippen LogP contribution is -2.67. The van der Waals surface area contributed by atoms with Gasteiger partial charge in [-0.3, -0.25) is 4.79 Å². The van der Waals surface area contributed by atoms with Crippen molar-refractivity contribution in [2.45, 2.75) is 96.6 Å². The molecule has 4 unspecified atom stereocenters. The number of aliphatic hydroxyl groups is 1. The predicted octanol–water partition coefficient (Wildman–Crippen LogP) is 5.79. The fourth-order valence-electron chi connectivity index (χ4n) is 5.52. The van der Waals surface area contributed by atoms with Crippen LogP contribution in [0.5, 0.6) is 0 Å². The monoisotopic (exact) mass is 486 g/mol. The maximum atomic E-state index is 13.9. The molecular formula is C28H42O5Si. The third-order valence-electron chi connectivity index (χ3n) is 8.92. The lowest BCUT2D eigenvalue weighted by molar-refractivity contribution is -0.244. The van der Waals surface area contributed by atoms with Gasteiger partial charge in [0.15, 0.2) is 14.1 Å². The van der Waals surface area contributed by atoms with Crippen molar-refractivity contribution in [3.8, 4) is 0 Å². The molecule has 4 rings (SSSR count). The molecule has 2 heterocycles. The summed E-state index contributed by atoms with van der Waals surface area (Å²) in [5, 5.41) is 11.0. The molecule has 1 N–H and O–H groups in total. The number of hydrogen-bond donors (Lipinski definition) is 1. The summed E-state index contributed by atoms with van der Waals surface area (Å²) in [4.78, 5) is 13.9. The van der Waals surface area contributed by atoms with Gasteiger partial charge in [-0.05, 0) is 55.8 Å². The lowest BCUT2D eigenvalue weighted by atomic mass is 9.62. The van der Waals surface area contributed by atoms with E-state index >= 15 is 0 Å². The Balaban J connectivity index is 1.72. The number of carbonyl (C=O) groups excluding carboxylic acids is 1. The van der Waals surface area contributed by atoms with Crippen molar-refractivity contribution in [2.24, 2.45) is 23.7 Å². The zero-order valence-corrected chi connectivity index (χ0v) is 23.0. The van der Waals surface area contributed by atoms with Gasteiger partial charge in [0.25, 0.3) is 0 Å². The van der Waals surface area contributed by atoms with E-state index in [4.69, 9.17) is 13.9 Å². The summed E-state index contributed by atoms with van der Waals surface area (Å²) in [5.74, 6) is 0.372. The highest BCUT2D eigenvalue weighted by Gasteiger charge is 2.61. The largest absolute Gasteiger partial charge is 0.464 e. The molecular weight excluding hydrogens is 444 g/mol. The Morgan fingerprint density at radius 1 is 1.15 bits per heavy atom. The van der Waals surface area contributed by atoms with Crippen LogP contribution >= 0.6 is 0 Å². The Hall–Kier alpha value is -1.47. The summed E-state index contributed by atoms with van der Waals surface area (Å²) >= 11 is 0. The molecule has 2 fully saturated rings. The highest BCUT2D eigenvalue weighted by atomic mass is 28.4. The minimum Gasteiger partial charge on any atom is -0.464 e. The van der Waals surface area contributed by atoms with Crippen molar-refractivity contribution in [1.29, 1.82) is 0 Å². The summed E-state index contributed by atoms with van der Waals surface area (Å²) < 4.78 is 19.7. The summed E-state index contributed by atoms with van der Waals surface area (Å²) in [6.45, 7) is 17.8. The maximum absolute atomic E-state index is 13.9. The van der Waals surface area contributed by atoms with Crippen molar-refractivity contribution >= 4 is 19.9 Å². The first-order chi connectivity index (χ1) is 15.7. The molecule has 1 aromatic rings. The normalized spacial score (nSPS) is 36.4. The van der Waals surface area contributed by atoms with E-state index in [1.807, 2.05) is 36.4 Å². The Kier molecular flexibility index (Phi) is 6.69. The summed E-state index contributed by atoms with van der Waals surface area (Å²) in [6.07, 6.45) is 1.59. The van der Waals surface area contributed by atoms with Crippen LogP contribution in [0.4, 0.5) is 0 Å². The topological polar surface area (TPSA) is 65.0 Å². The second-order valence-electron chi connectivity index (χ2n) is 12.5. The van der Waals surface area contributed by atoms with Crippen molar-refractivity contribution in [2.75, 3.05) is 0 Å². The van der Waals surface area contributed by atoms with Crippen LogP contribution in [-0.2, 0) is 18.7 Å². The van der Waals surface area contributed by atoms with Gasteiger partial charge in [0, 0.05) is 11.5 Å². The minimum atomic E-state index is -2.11. The number of rotatable bonds is 4. The van der Waals surface area contributed by atoms with Crippen molar-refractivity contribution in [3.63, 3.8) is 0 Å². The average Bonchev–Trinajstić information content (AvgIpc) is 2.73. The zero-order valence-electron chi connectivity index (χ0n) is 22.0. The van der Waals surface area contributed by atoms with Gasteiger partial charge in [0.1, 0.15) is 17.3 Å².